The Balaban J connectivity index is 0.544. The average molecular weight is 1610 g/mol. The summed E-state index contributed by atoms with van der Waals surface area (Å²) >= 11 is 0. The van der Waals surface area contributed by atoms with Crippen molar-refractivity contribution in [3.63, 3.8) is 0 Å². The van der Waals surface area contributed by atoms with E-state index in [1.54, 1.807) is 0 Å². The van der Waals surface area contributed by atoms with Crippen molar-refractivity contribution >= 4 is 131 Å². The number of nitrogens with zero attached hydrogens (tertiary/aromatic N) is 12. The maximum absolute atomic E-state index is 5.33. The van der Waals surface area contributed by atoms with Crippen molar-refractivity contribution in [2.75, 3.05) is 0 Å². The summed E-state index contributed by atoms with van der Waals surface area (Å²) < 4.78 is 14.5. The fraction of sp³-hybridized carbons (Fsp3) is 0. The van der Waals surface area contributed by atoms with Crippen LogP contribution in [0.5, 0.6) is 0 Å². The van der Waals surface area contributed by atoms with Crippen LogP contribution in [0.3, 0.4) is 0 Å². The third-order valence-corrected chi connectivity index (χ3v) is 25.5. The maximum Gasteiger partial charge on any atom is 0.164 e. The second kappa shape index (κ2) is 28.2. The molecule has 0 bridgehead atoms. The van der Waals surface area contributed by atoms with Crippen molar-refractivity contribution in [1.82, 2.24) is 57.3 Å². The molecule has 26 aromatic rings. The Morgan fingerprint density at radius 2 is 0.333 bits per heavy atom. The third kappa shape index (κ3) is 11.1. The van der Waals surface area contributed by atoms with Crippen LogP contribution in [-0.2, 0) is 0 Å². The first kappa shape index (κ1) is 70.6. The zero-order valence-corrected chi connectivity index (χ0v) is 67.8. The van der Waals surface area contributed by atoms with E-state index in [2.05, 4.69) is 373 Å². The van der Waals surface area contributed by atoms with Gasteiger partial charge >= 0.3 is 0 Å². The molecular formula is C114H70N12. The van der Waals surface area contributed by atoms with Gasteiger partial charge in [0.2, 0.25) is 0 Å². The fourth-order valence-corrected chi connectivity index (χ4v) is 19.8. The minimum Gasteiger partial charge on any atom is -0.309 e. The van der Waals surface area contributed by atoms with Gasteiger partial charge in [0.05, 0.1) is 66.2 Å². The summed E-state index contributed by atoms with van der Waals surface area (Å²) in [5.74, 6) is 3.64. The number of benzene rings is 18. The predicted molar refractivity (Wildman–Crippen MR) is 517 cm³/mol. The SMILES string of the molecule is c1ccc(-c2nc(-c3ccccc3)nc(-c3ccc(-n4c5ccccc5c5cc6c(cc54)c4ccccc4n6-c4ccc5c(c4)c4cc(-c6ccc(-c7nc(-c8ccccc8)nc(-c8ccc(-n9c%10ccccc%10c%10c%11c%12ccccc%12n(-c%12ccc(-n%13c%14ccccc%14c%14ccccc%14%13)cc%12)c%11ccc%109)cc8)n7)cc6)ccc4n5-c4ccccc4)cc3)n2)cc1. The quantitative estimate of drug-likeness (QED) is 0.114. The molecule has 0 saturated heterocycles. The molecule has 8 aromatic heterocycles. The third-order valence-electron chi connectivity index (χ3n) is 25.5. The molecule has 0 unspecified atom stereocenters. The van der Waals surface area contributed by atoms with Crippen LogP contribution in [0.2, 0.25) is 0 Å². The maximum atomic E-state index is 5.33. The number of hydrogen-bond donors (Lipinski definition) is 0. The Morgan fingerprint density at radius 3 is 0.714 bits per heavy atom. The van der Waals surface area contributed by atoms with Crippen LogP contribution >= 0.6 is 0 Å². The molecule has 0 spiro atoms. The van der Waals surface area contributed by atoms with Crippen molar-refractivity contribution in [1.29, 1.82) is 0 Å². The number of rotatable bonds is 13. The second-order valence-electron chi connectivity index (χ2n) is 32.5. The molecule has 18 aromatic carbocycles. The van der Waals surface area contributed by atoms with Crippen molar-refractivity contribution < 1.29 is 0 Å². The van der Waals surface area contributed by atoms with Crippen LogP contribution < -0.4 is 0 Å². The molecule has 0 atom stereocenters. The summed E-state index contributed by atoms with van der Waals surface area (Å²) in [6.07, 6.45) is 0. The van der Waals surface area contributed by atoms with Crippen LogP contribution in [0.4, 0.5) is 0 Å². The second-order valence-corrected chi connectivity index (χ2v) is 32.5. The lowest BCUT2D eigenvalue weighted by atomic mass is 10.0. The summed E-state index contributed by atoms with van der Waals surface area (Å²) in [5.41, 5.74) is 27.7. The van der Waals surface area contributed by atoms with E-state index in [1.807, 2.05) is 78.9 Å². The molecule has 126 heavy (non-hydrogen) atoms. The summed E-state index contributed by atoms with van der Waals surface area (Å²) in [6.45, 7) is 0. The molecule has 586 valence electrons. The molecular weight excluding hydrogens is 1540 g/mol. The molecule has 0 aliphatic rings. The molecule has 0 amide bonds. The standard InChI is InChI=1S/C114H70N12/c1-5-25-72(26-6-1)109-115-110(73-27-7-2-8-28-73)118-113(117-109)77-51-56-81(57-52-77)125-97-41-21-15-35-87(97)93-70-106-94(69-105(93)125)88-36-16-22-42-98(88)126(106)84-62-64-102-92(68-84)91-67-78(53-63-101(91)121(102)79-31-11-4-12-32-79)71-45-47-75(48-46-71)112-116-111(74-29-9-3-10-30-74)119-114(120-112)76-49-54-80(55-50-76)123-99-43-23-17-37-89(99)107-103(123)65-66-104-108(107)90-38-18-24-44-100(90)124(104)83-60-58-82(59-61-83)122-95-39-19-13-33-85(95)86-34-14-20-40-96(86)122/h1-70H. The van der Waals surface area contributed by atoms with Crippen LogP contribution in [0.15, 0.2) is 425 Å². The van der Waals surface area contributed by atoms with Crippen LogP contribution in [0.1, 0.15) is 0 Å². The number of fused-ring (bicyclic) bond motifs is 19. The summed E-state index contributed by atoms with van der Waals surface area (Å²) in [7, 11) is 0. The highest BCUT2D eigenvalue weighted by Gasteiger charge is 2.26. The van der Waals surface area contributed by atoms with E-state index in [1.165, 1.54) is 54.1 Å². The average Bonchev–Trinajstić information content (AvgIpc) is 1.55. The van der Waals surface area contributed by atoms with Gasteiger partial charge in [-0.3, -0.25) is 0 Å². The molecule has 0 aliphatic carbocycles. The number of hydrogen-bond acceptors (Lipinski definition) is 6. The molecule has 0 fully saturated rings. The van der Waals surface area contributed by atoms with Crippen LogP contribution in [-0.4, -0.2) is 57.3 Å². The zero-order chi connectivity index (χ0) is 82.6. The Morgan fingerprint density at radius 1 is 0.119 bits per heavy atom. The molecule has 8 heterocycles. The van der Waals surface area contributed by atoms with Crippen LogP contribution in [0, 0.1) is 0 Å². The van der Waals surface area contributed by atoms with Gasteiger partial charge < -0.3 is 27.4 Å². The van der Waals surface area contributed by atoms with E-state index < -0.39 is 0 Å². The number of aromatic nitrogens is 12. The molecule has 0 N–H and O–H groups in total. The predicted octanol–water partition coefficient (Wildman–Crippen LogP) is 28.3. The van der Waals surface area contributed by atoms with Crippen molar-refractivity contribution in [2.24, 2.45) is 0 Å². The van der Waals surface area contributed by atoms with Gasteiger partial charge in [-0.25, -0.2) is 29.9 Å². The van der Waals surface area contributed by atoms with Crippen molar-refractivity contribution in [3.05, 3.63) is 425 Å². The van der Waals surface area contributed by atoms with Gasteiger partial charge in [0.15, 0.2) is 34.9 Å². The first-order chi connectivity index (χ1) is 62.5. The highest BCUT2D eigenvalue weighted by atomic mass is 15.1. The van der Waals surface area contributed by atoms with Gasteiger partial charge in [0, 0.05) is 132 Å². The molecule has 12 heteroatoms. The van der Waals surface area contributed by atoms with Gasteiger partial charge in [-0.2, -0.15) is 0 Å². The summed E-state index contributed by atoms with van der Waals surface area (Å²) in [6, 6.07) is 152. The smallest absolute Gasteiger partial charge is 0.164 e. The summed E-state index contributed by atoms with van der Waals surface area (Å²) in [4.78, 5) is 30.9. The Hall–Kier alpha value is -17.2. The van der Waals surface area contributed by atoms with Gasteiger partial charge in [-0.15, -0.1) is 0 Å². The van der Waals surface area contributed by atoms with E-state index in [9.17, 15) is 0 Å². The minimum absolute atomic E-state index is 0.587. The Labute approximate surface area is 721 Å². The van der Waals surface area contributed by atoms with E-state index in [4.69, 9.17) is 29.9 Å². The molecule has 0 aliphatic heterocycles. The molecule has 12 nitrogen and oxygen atoms in total. The van der Waals surface area contributed by atoms with Gasteiger partial charge in [0.1, 0.15) is 0 Å². The molecule has 0 radical (unpaired) electrons. The highest BCUT2D eigenvalue weighted by molar-refractivity contribution is 6.29. The normalized spacial score (nSPS) is 12.0. The first-order valence-corrected chi connectivity index (χ1v) is 42.6. The lowest BCUT2D eigenvalue weighted by molar-refractivity contribution is 1.07. The topological polar surface area (TPSA) is 107 Å². The summed E-state index contributed by atoms with van der Waals surface area (Å²) in [5, 5.41) is 14.3. The van der Waals surface area contributed by atoms with Crippen molar-refractivity contribution in [2.45, 2.75) is 0 Å². The van der Waals surface area contributed by atoms with Gasteiger partial charge in [0.25, 0.3) is 0 Å². The van der Waals surface area contributed by atoms with Gasteiger partial charge in [-0.05, 0) is 187 Å². The lowest BCUT2D eigenvalue weighted by Gasteiger charge is -2.12. The van der Waals surface area contributed by atoms with E-state index in [-0.39, 0.29) is 0 Å². The Bertz CT molecular complexity index is 8800. The largest absolute Gasteiger partial charge is 0.309 e. The van der Waals surface area contributed by atoms with E-state index in [0.29, 0.717) is 34.9 Å². The Kier molecular flexibility index (Phi) is 15.8. The molecule has 0 saturated carbocycles. The fourth-order valence-electron chi connectivity index (χ4n) is 19.8. The zero-order valence-electron chi connectivity index (χ0n) is 67.8. The van der Waals surface area contributed by atoms with Gasteiger partial charge in [-0.1, -0.05) is 249 Å². The van der Waals surface area contributed by atoms with Crippen LogP contribution in [0.25, 0.3) is 244 Å². The van der Waals surface area contributed by atoms with Crippen molar-refractivity contribution in [3.8, 4) is 114 Å². The molecule has 26 rings (SSSR count). The van der Waals surface area contributed by atoms with E-state index >= 15 is 0 Å². The van der Waals surface area contributed by atoms with E-state index in [0.717, 1.165) is 155 Å². The monoisotopic (exact) mass is 1610 g/mol. The minimum atomic E-state index is 0.587. The lowest BCUT2D eigenvalue weighted by Crippen LogP contribution is -2.00. The highest BCUT2D eigenvalue weighted by Crippen LogP contribution is 2.47. The first-order valence-electron chi connectivity index (χ1n) is 42.6. The number of para-hydroxylation sites is 7.